The van der Waals surface area contributed by atoms with E-state index in [9.17, 15) is 24.3 Å². The molecule has 2 saturated heterocycles. The van der Waals surface area contributed by atoms with Crippen molar-refractivity contribution in [1.82, 2.24) is 9.80 Å². The molecule has 2 aliphatic rings. The quantitative estimate of drug-likeness (QED) is 0.227. The van der Waals surface area contributed by atoms with Crippen LogP contribution in [-0.2, 0) is 23.5 Å². The van der Waals surface area contributed by atoms with Gasteiger partial charge in [0, 0.05) is 0 Å². The van der Waals surface area contributed by atoms with E-state index in [1.165, 1.54) is 17.9 Å². The van der Waals surface area contributed by atoms with Gasteiger partial charge in [-0.05, 0) is 57.7 Å². The number of hydrogen-bond acceptors (Lipinski definition) is 8. The van der Waals surface area contributed by atoms with Crippen molar-refractivity contribution >= 4 is 32.3 Å². The fourth-order valence-electron chi connectivity index (χ4n) is 4.44. The third-order valence-electron chi connectivity index (χ3n) is 9.55. The number of nitrogens with zero attached hydrogens (tertiary/aromatic N) is 2. The van der Waals surface area contributed by atoms with Crippen LogP contribution in [0.1, 0.15) is 76.2 Å². The zero-order valence-corrected chi connectivity index (χ0v) is 29.6. The summed E-state index contributed by atoms with van der Waals surface area (Å²) < 4.78 is 16.5. The van der Waals surface area contributed by atoms with Crippen LogP contribution in [0.2, 0.25) is 18.1 Å². The average molecular weight is 625 g/mol. The highest BCUT2D eigenvalue weighted by atomic mass is 28.4. The Balaban J connectivity index is 0.000000453. The molecule has 0 aliphatic carbocycles. The van der Waals surface area contributed by atoms with Crippen LogP contribution < -0.4 is 0 Å². The van der Waals surface area contributed by atoms with Gasteiger partial charge in [-0.15, -0.1) is 13.2 Å². The van der Waals surface area contributed by atoms with Gasteiger partial charge >= 0.3 is 12.2 Å². The maximum atomic E-state index is 13.3. The molecule has 2 aliphatic heterocycles. The first-order valence-corrected chi connectivity index (χ1v) is 18.0. The molecule has 43 heavy (non-hydrogen) atoms. The Bertz CT molecular complexity index is 1070. The number of aliphatic hydroxyl groups is 1. The Kier molecular flexibility index (Phi) is 12.6. The second-order valence-corrected chi connectivity index (χ2v) is 19.1. The van der Waals surface area contributed by atoms with Crippen molar-refractivity contribution in [3.8, 4) is 0 Å². The van der Waals surface area contributed by atoms with Gasteiger partial charge in [0.1, 0.15) is 13.2 Å². The molecule has 0 aromatic heterocycles. The van der Waals surface area contributed by atoms with Gasteiger partial charge in [0.25, 0.3) is 0 Å². The minimum absolute atomic E-state index is 0.0272. The van der Waals surface area contributed by atoms with Gasteiger partial charge < -0.3 is 19.0 Å². The Hall–Kier alpha value is -2.50. The number of amides is 4. The minimum Gasteiger partial charge on any atom is -0.447 e. The van der Waals surface area contributed by atoms with Gasteiger partial charge in [0.15, 0.2) is 8.32 Å². The van der Waals surface area contributed by atoms with Crippen molar-refractivity contribution in [2.45, 2.75) is 119 Å². The highest BCUT2D eigenvalue weighted by Gasteiger charge is 2.51. The molecule has 4 unspecified atom stereocenters. The highest BCUT2D eigenvalue weighted by Crippen LogP contribution is 2.41. The van der Waals surface area contributed by atoms with Gasteiger partial charge in [0.05, 0.1) is 35.1 Å². The molecule has 0 aromatic carbocycles. The summed E-state index contributed by atoms with van der Waals surface area (Å²) in [4.78, 5) is 52.0. The summed E-state index contributed by atoms with van der Waals surface area (Å²) in [6.07, 6.45) is 0.450. The van der Waals surface area contributed by atoms with Gasteiger partial charge in [-0.2, -0.15) is 0 Å². The van der Waals surface area contributed by atoms with Crippen LogP contribution in [0.25, 0.3) is 0 Å². The van der Waals surface area contributed by atoms with Crippen LogP contribution in [0.15, 0.2) is 25.3 Å². The molecule has 1 N–H and O–H groups in total. The largest absolute Gasteiger partial charge is 0.447 e. The monoisotopic (exact) mass is 624 g/mol. The molecule has 0 aromatic rings. The molecular formula is C32H56N2O8Si. The zero-order chi connectivity index (χ0) is 33.9. The first-order chi connectivity index (χ1) is 19.4. The van der Waals surface area contributed by atoms with Crippen LogP contribution in [0, 0.1) is 22.7 Å². The molecule has 0 saturated carbocycles. The molecule has 0 radical (unpaired) electrons. The van der Waals surface area contributed by atoms with E-state index in [4.69, 9.17) is 13.9 Å². The Morgan fingerprint density at radius 1 is 0.837 bits per heavy atom. The smallest absolute Gasteiger partial charge is 0.417 e. The summed E-state index contributed by atoms with van der Waals surface area (Å²) in [7, 11) is -2.07. The number of aliphatic hydroxyl groups excluding tert-OH is 1. The Morgan fingerprint density at radius 2 is 1.19 bits per heavy atom. The van der Waals surface area contributed by atoms with E-state index in [1.807, 2.05) is 34.6 Å². The number of carbonyl (C=O) groups is 4. The number of rotatable bonds is 10. The topological polar surface area (TPSA) is 123 Å². The van der Waals surface area contributed by atoms with Crippen molar-refractivity contribution in [2.24, 2.45) is 22.7 Å². The van der Waals surface area contributed by atoms with Crippen molar-refractivity contribution in [1.29, 1.82) is 0 Å². The van der Waals surface area contributed by atoms with E-state index in [2.05, 4.69) is 47.0 Å². The molecule has 11 heteroatoms. The van der Waals surface area contributed by atoms with Crippen molar-refractivity contribution < 1.29 is 38.2 Å². The van der Waals surface area contributed by atoms with E-state index in [0.29, 0.717) is 0 Å². The zero-order valence-electron chi connectivity index (χ0n) is 28.6. The molecular weight excluding hydrogens is 568 g/mol. The molecule has 0 bridgehead atoms. The van der Waals surface area contributed by atoms with E-state index in [0.717, 1.165) is 4.90 Å². The third kappa shape index (κ3) is 7.97. The number of cyclic esters (lactones) is 2. The summed E-state index contributed by atoms with van der Waals surface area (Å²) in [6, 6.07) is -0.539. The maximum absolute atomic E-state index is 13.3. The van der Waals surface area contributed by atoms with E-state index < -0.39 is 43.3 Å². The lowest BCUT2D eigenvalue weighted by molar-refractivity contribution is -0.142. The van der Waals surface area contributed by atoms with E-state index >= 15 is 0 Å². The summed E-state index contributed by atoms with van der Waals surface area (Å²) >= 11 is 0. The normalized spacial score (nSPS) is 23.4. The predicted octanol–water partition coefficient (Wildman–Crippen LogP) is 6.16. The summed E-state index contributed by atoms with van der Waals surface area (Å²) in [5, 5.41) is 9.77. The number of ether oxygens (including phenoxy) is 2. The fraction of sp³-hybridized carbons (Fsp3) is 0.750. The van der Waals surface area contributed by atoms with Crippen molar-refractivity contribution in [3.05, 3.63) is 25.3 Å². The lowest BCUT2D eigenvalue weighted by Gasteiger charge is -2.43. The molecule has 2 fully saturated rings. The van der Waals surface area contributed by atoms with Crippen LogP contribution in [0.3, 0.4) is 0 Å². The number of imide groups is 2. The SMILES string of the molecule is C=CC(C)(C(=O)N1C(=O)OC[C@@H]1C(C)C)C(C)O.C=CC(C)(C(=O)N1C(=O)OC[C@@H]1C(C)C)C(C)O[Si](C)(C)C(C)(C)C. The lowest BCUT2D eigenvalue weighted by Crippen LogP contribution is -2.55. The van der Waals surface area contributed by atoms with Crippen molar-refractivity contribution in [2.75, 3.05) is 13.2 Å². The van der Waals surface area contributed by atoms with Gasteiger partial charge in [0.2, 0.25) is 11.8 Å². The summed E-state index contributed by atoms with van der Waals surface area (Å²) in [6.45, 7) is 33.2. The van der Waals surface area contributed by atoms with Gasteiger partial charge in [-0.1, -0.05) is 60.6 Å². The molecule has 6 atom stereocenters. The van der Waals surface area contributed by atoms with Crippen LogP contribution in [0.4, 0.5) is 9.59 Å². The standard InChI is InChI=1S/C19H35NO4Si.C13H21NO4/c1-11-19(8,14(4)24-25(9,10)18(5,6)7)16(21)20-15(13(2)3)12-23-17(20)22;1-6-13(5,9(4)15)11(16)14-10(8(2)3)7-18-12(14)17/h11,13-15H,1,12H2,2-10H3;6,8-10,15H,1,7H2,2-5H3/t14?,15-,19?;9?,10-,13?/m11/s1. The van der Waals surface area contributed by atoms with Crippen LogP contribution >= 0.6 is 0 Å². The molecule has 2 heterocycles. The first-order valence-electron chi connectivity index (χ1n) is 15.1. The van der Waals surface area contributed by atoms with E-state index in [1.54, 1.807) is 19.9 Å². The van der Waals surface area contributed by atoms with Crippen LogP contribution in [-0.4, -0.2) is 84.7 Å². The number of hydrogen-bond donors (Lipinski definition) is 1. The highest BCUT2D eigenvalue weighted by molar-refractivity contribution is 6.74. The van der Waals surface area contributed by atoms with Crippen LogP contribution in [0.5, 0.6) is 0 Å². The summed E-state index contributed by atoms with van der Waals surface area (Å²) in [5.74, 6) is -0.534. The molecule has 246 valence electrons. The van der Waals surface area contributed by atoms with Gasteiger partial charge in [-0.25, -0.2) is 19.4 Å². The molecule has 10 nitrogen and oxygen atoms in total. The lowest BCUT2D eigenvalue weighted by atomic mass is 9.83. The molecule has 0 spiro atoms. The van der Waals surface area contributed by atoms with E-state index in [-0.39, 0.29) is 54.2 Å². The average Bonchev–Trinajstić information content (AvgIpc) is 3.48. The third-order valence-corrected chi connectivity index (χ3v) is 14.1. The Morgan fingerprint density at radius 3 is 1.47 bits per heavy atom. The Labute approximate surface area is 259 Å². The second-order valence-electron chi connectivity index (χ2n) is 14.3. The minimum atomic E-state index is -2.07. The summed E-state index contributed by atoms with van der Waals surface area (Å²) in [5.41, 5.74) is -2.18. The van der Waals surface area contributed by atoms with Gasteiger partial charge in [-0.3, -0.25) is 9.59 Å². The first kappa shape index (κ1) is 38.5. The molecule has 4 amide bonds. The second kappa shape index (κ2) is 14.1. The maximum Gasteiger partial charge on any atom is 0.417 e. The fourth-order valence-corrected chi connectivity index (χ4v) is 5.93. The predicted molar refractivity (Wildman–Crippen MR) is 170 cm³/mol. The van der Waals surface area contributed by atoms with Crippen molar-refractivity contribution in [3.63, 3.8) is 0 Å². The number of carbonyl (C=O) groups excluding carboxylic acids is 4. The molecule has 2 rings (SSSR count).